The summed E-state index contributed by atoms with van der Waals surface area (Å²) in [6.45, 7) is 0. The van der Waals surface area contributed by atoms with Crippen LogP contribution in [0.15, 0.2) is 60.0 Å². The molecule has 0 fully saturated rings. The highest BCUT2D eigenvalue weighted by Crippen LogP contribution is 2.29. The highest BCUT2D eigenvalue weighted by Gasteiger charge is 2.17. The average Bonchev–Trinajstić information content (AvgIpc) is 3.30. The monoisotopic (exact) mass is 493 g/mol. The molecule has 0 bridgehead atoms. The second-order valence-electron chi connectivity index (χ2n) is 5.33. The number of ether oxygens (including phenoxy) is 1. The van der Waals surface area contributed by atoms with Gasteiger partial charge >= 0.3 is 21.2 Å². The quantitative estimate of drug-likeness (QED) is 0.432. The van der Waals surface area contributed by atoms with Gasteiger partial charge in [0.25, 0.3) is 5.91 Å². The van der Waals surface area contributed by atoms with Gasteiger partial charge in [-0.05, 0) is 53.9 Å². The van der Waals surface area contributed by atoms with Crippen LogP contribution in [0.1, 0.15) is 10.4 Å². The zero-order valence-corrected chi connectivity index (χ0v) is 17.5. The van der Waals surface area contributed by atoms with Crippen LogP contribution in [0.2, 0.25) is 0 Å². The van der Waals surface area contributed by atoms with Gasteiger partial charge in [0.05, 0.1) is 17.3 Å². The Morgan fingerprint density at radius 1 is 1.15 bits per heavy atom. The van der Waals surface area contributed by atoms with Gasteiger partial charge in [0.1, 0.15) is 5.75 Å². The number of nitrogens with one attached hydrogen (secondary N) is 1. The predicted molar refractivity (Wildman–Crippen MR) is 102 cm³/mol. The Morgan fingerprint density at radius 3 is 2.73 bits per heavy atom. The summed E-state index contributed by atoms with van der Waals surface area (Å²) < 4.78 is 8.93. The van der Waals surface area contributed by atoms with Gasteiger partial charge in [-0.2, -0.15) is 0 Å². The summed E-state index contributed by atoms with van der Waals surface area (Å²) in [5.74, 6) is 0.639. The summed E-state index contributed by atoms with van der Waals surface area (Å²) in [7, 11) is 1.63. The zero-order valence-electron chi connectivity index (χ0n) is 13.7. The normalized spacial score (nSPS) is 10.8. The number of carbonyl (C=O) groups excluding carboxylic acids is 1. The Hall–Kier alpha value is -1.97. The fourth-order valence-corrected chi connectivity index (χ4v) is 6.86. The molecule has 0 aliphatic heterocycles. The number of hydrogen-bond acceptors (Lipinski definition) is 5. The van der Waals surface area contributed by atoms with Crippen molar-refractivity contribution in [2.75, 3.05) is 12.4 Å². The van der Waals surface area contributed by atoms with Gasteiger partial charge in [0.2, 0.25) is 2.88 Å². The zero-order chi connectivity index (χ0) is 17.9. The minimum Gasteiger partial charge on any atom is -0.497 e. The number of halogens is 1. The van der Waals surface area contributed by atoms with Crippen LogP contribution in [0.3, 0.4) is 0 Å². The maximum absolute atomic E-state index is 12.5. The highest BCUT2D eigenvalue weighted by atomic mass is 127. The van der Waals surface area contributed by atoms with E-state index in [1.165, 1.54) is 17.8 Å². The molecule has 0 radical (unpaired) electrons. The fourth-order valence-electron chi connectivity index (χ4n) is 2.34. The Kier molecular flexibility index (Phi) is 5.18. The Balaban J connectivity index is 1.47. The molecule has 0 saturated heterocycles. The lowest BCUT2D eigenvalue weighted by molar-refractivity contribution is -0.591. The van der Waals surface area contributed by atoms with E-state index >= 15 is 0 Å². The van der Waals surface area contributed by atoms with Crippen LogP contribution < -0.4 is 31.3 Å². The second kappa shape index (κ2) is 7.73. The molecule has 0 saturated carbocycles. The molecule has 0 atom stereocenters. The van der Waals surface area contributed by atoms with Crippen LogP contribution in [-0.2, 0) is 0 Å². The number of nitrogens with zero attached hydrogens (tertiary/aromatic N) is 1. The van der Waals surface area contributed by atoms with Crippen molar-refractivity contribution < 1.29 is 30.7 Å². The first-order valence-corrected chi connectivity index (χ1v) is 11.6. The number of amides is 1. The van der Waals surface area contributed by atoms with E-state index in [1.807, 2.05) is 42.5 Å². The summed E-state index contributed by atoms with van der Waals surface area (Å²) in [5, 5.41) is 5.58. The van der Waals surface area contributed by atoms with E-state index in [-0.39, 0.29) is 27.1 Å². The number of anilines is 1. The molecule has 4 aromatic rings. The van der Waals surface area contributed by atoms with Crippen molar-refractivity contribution in [1.82, 2.24) is 4.98 Å². The standard InChI is InChI=1S/C19H13IN2O2S2/c1-24-14-8-9-15-16(11-14)26-19(21-15)22-18(23)12-4-6-13(7-5-12)20-17-3-2-10-25-17/h2-11H,1H3/p+1. The van der Waals surface area contributed by atoms with Gasteiger partial charge in [-0.1, -0.05) is 22.7 Å². The summed E-state index contributed by atoms with van der Waals surface area (Å²) in [6.07, 6.45) is 0. The number of thiazole rings is 1. The van der Waals surface area contributed by atoms with Crippen molar-refractivity contribution in [3.8, 4) is 5.75 Å². The summed E-state index contributed by atoms with van der Waals surface area (Å²) in [6, 6.07) is 17.8. The van der Waals surface area contributed by atoms with Gasteiger partial charge in [-0.3, -0.25) is 10.1 Å². The predicted octanol–water partition coefficient (Wildman–Crippen LogP) is 1.75. The third kappa shape index (κ3) is 3.89. The van der Waals surface area contributed by atoms with Crippen LogP contribution in [-0.4, -0.2) is 18.0 Å². The maximum atomic E-state index is 12.5. The molecule has 0 aliphatic carbocycles. The van der Waals surface area contributed by atoms with E-state index in [9.17, 15) is 4.79 Å². The third-order valence-corrected chi connectivity index (χ3v) is 8.71. The molecule has 7 heteroatoms. The molecule has 0 unspecified atom stereocenters. The van der Waals surface area contributed by atoms with Crippen molar-refractivity contribution >= 4 is 43.9 Å². The summed E-state index contributed by atoms with van der Waals surface area (Å²) >= 11 is 3.06. The molecule has 0 aliphatic rings. The lowest BCUT2D eigenvalue weighted by Gasteiger charge is -2.00. The van der Waals surface area contributed by atoms with Crippen LogP contribution in [0, 0.1) is 6.45 Å². The fraction of sp³-hybridized carbons (Fsp3) is 0.0526. The van der Waals surface area contributed by atoms with Crippen LogP contribution in [0.25, 0.3) is 10.2 Å². The Morgan fingerprint density at radius 2 is 2.00 bits per heavy atom. The molecular weight excluding hydrogens is 479 g/mol. The largest absolute Gasteiger partial charge is 0.497 e. The number of thiophene rings is 1. The van der Waals surface area contributed by atoms with Gasteiger partial charge in [0.15, 0.2) is 8.70 Å². The number of rotatable bonds is 5. The van der Waals surface area contributed by atoms with Gasteiger partial charge < -0.3 is 4.74 Å². The van der Waals surface area contributed by atoms with Crippen LogP contribution >= 0.6 is 22.7 Å². The Bertz CT molecular complexity index is 1040. The molecule has 4 rings (SSSR count). The number of fused-ring (bicyclic) bond motifs is 1. The van der Waals surface area contributed by atoms with Crippen molar-refractivity contribution in [2.45, 2.75) is 0 Å². The molecule has 4 nitrogen and oxygen atoms in total. The first kappa shape index (κ1) is 17.4. The SMILES string of the molecule is COc1ccc2nc(NC(=O)c3ccc([I+]c4cccs4)cc3)sc2c1. The van der Waals surface area contributed by atoms with E-state index in [0.717, 1.165) is 16.0 Å². The number of hydrogen-bond donors (Lipinski definition) is 1. The number of methoxy groups -OCH3 is 1. The second-order valence-corrected chi connectivity index (χ2v) is 11.0. The van der Waals surface area contributed by atoms with Crippen molar-refractivity contribution in [3.05, 3.63) is 72.0 Å². The number of benzene rings is 2. The maximum Gasteiger partial charge on any atom is 0.369 e. The van der Waals surface area contributed by atoms with E-state index in [2.05, 4.69) is 27.8 Å². The van der Waals surface area contributed by atoms with E-state index in [1.54, 1.807) is 18.4 Å². The Labute approximate surface area is 169 Å². The molecule has 26 heavy (non-hydrogen) atoms. The van der Waals surface area contributed by atoms with Gasteiger partial charge in [-0.25, -0.2) is 4.98 Å². The molecule has 1 N–H and O–H groups in total. The molecular formula is C19H14IN2O2S2+. The lowest BCUT2D eigenvalue weighted by Crippen LogP contribution is -3.61. The summed E-state index contributed by atoms with van der Waals surface area (Å²) in [5.41, 5.74) is 1.49. The molecule has 0 spiro atoms. The minimum absolute atomic E-state index is 0.142. The first-order valence-electron chi connectivity index (χ1n) is 7.75. The molecule has 2 aromatic heterocycles. The molecule has 130 valence electrons. The smallest absolute Gasteiger partial charge is 0.369 e. The highest BCUT2D eigenvalue weighted by molar-refractivity contribution is 7.22. The van der Waals surface area contributed by atoms with Gasteiger partial charge in [-0.15, -0.1) is 0 Å². The van der Waals surface area contributed by atoms with Crippen LogP contribution in [0.4, 0.5) is 5.13 Å². The first-order chi connectivity index (χ1) is 12.7. The summed E-state index contributed by atoms with van der Waals surface area (Å²) in [4.78, 5) is 16.9. The van der Waals surface area contributed by atoms with E-state index in [4.69, 9.17) is 4.74 Å². The van der Waals surface area contributed by atoms with E-state index < -0.39 is 0 Å². The minimum atomic E-state index is -0.170. The lowest BCUT2D eigenvalue weighted by atomic mass is 10.2. The molecule has 1 amide bonds. The van der Waals surface area contributed by atoms with Crippen molar-refractivity contribution in [3.63, 3.8) is 0 Å². The van der Waals surface area contributed by atoms with Crippen molar-refractivity contribution in [2.24, 2.45) is 0 Å². The molecule has 2 heterocycles. The average molecular weight is 493 g/mol. The number of aromatic nitrogens is 1. The molecule has 2 aromatic carbocycles. The topological polar surface area (TPSA) is 51.2 Å². The van der Waals surface area contributed by atoms with Crippen LogP contribution in [0.5, 0.6) is 5.75 Å². The van der Waals surface area contributed by atoms with E-state index in [0.29, 0.717) is 10.7 Å². The van der Waals surface area contributed by atoms with Gasteiger partial charge in [0, 0.05) is 11.6 Å². The van der Waals surface area contributed by atoms with Crippen molar-refractivity contribution in [1.29, 1.82) is 0 Å². The number of carbonyl (C=O) groups is 1. The third-order valence-electron chi connectivity index (χ3n) is 3.61.